The van der Waals surface area contributed by atoms with Gasteiger partial charge < -0.3 is 14.6 Å². The zero-order chi connectivity index (χ0) is 19.3. The quantitative estimate of drug-likeness (QED) is 0.840. The van der Waals surface area contributed by atoms with Crippen molar-refractivity contribution in [3.8, 4) is 11.4 Å². The van der Waals surface area contributed by atoms with Crippen LogP contribution in [0.2, 0.25) is 0 Å². The highest BCUT2D eigenvalue weighted by Crippen LogP contribution is 2.27. The highest BCUT2D eigenvalue weighted by molar-refractivity contribution is 5.91. The summed E-state index contributed by atoms with van der Waals surface area (Å²) >= 11 is 0. The second-order valence-electron chi connectivity index (χ2n) is 7.67. The molecule has 3 heterocycles. The summed E-state index contributed by atoms with van der Waals surface area (Å²) in [4.78, 5) is 12.3. The zero-order valence-electron chi connectivity index (χ0n) is 16.1. The average Bonchev–Trinajstić information content (AvgIpc) is 2.97. The number of amides is 1. The van der Waals surface area contributed by atoms with Crippen molar-refractivity contribution in [1.29, 1.82) is 0 Å². The smallest absolute Gasteiger partial charge is 0.224 e. The summed E-state index contributed by atoms with van der Waals surface area (Å²) in [6.07, 6.45) is 8.67. The number of aryl methyl sites for hydroxylation is 1. The average molecular weight is 386 g/mol. The topological polar surface area (TPSA) is 69.0 Å². The molecule has 1 aromatic carbocycles. The van der Waals surface area contributed by atoms with Crippen molar-refractivity contribution < 1.29 is 13.9 Å². The number of anilines is 1. The van der Waals surface area contributed by atoms with Crippen LogP contribution in [0, 0.1) is 5.82 Å². The van der Waals surface area contributed by atoms with Gasteiger partial charge >= 0.3 is 0 Å². The normalized spacial score (nSPS) is 19.7. The van der Waals surface area contributed by atoms with Crippen LogP contribution in [0.3, 0.4) is 0 Å². The Morgan fingerprint density at radius 2 is 2.14 bits per heavy atom. The lowest BCUT2D eigenvalue weighted by atomic mass is 10.0. The summed E-state index contributed by atoms with van der Waals surface area (Å²) in [5, 5.41) is 11.3. The van der Waals surface area contributed by atoms with Crippen LogP contribution in [0.1, 0.15) is 57.2 Å². The second kappa shape index (κ2) is 8.82. The first-order chi connectivity index (χ1) is 13.7. The molecule has 1 fully saturated rings. The van der Waals surface area contributed by atoms with Gasteiger partial charge in [-0.3, -0.25) is 4.79 Å². The molecule has 7 heteroatoms. The molecule has 0 radical (unpaired) electrons. The Bertz CT molecular complexity index is 830. The highest BCUT2D eigenvalue weighted by Gasteiger charge is 2.19. The van der Waals surface area contributed by atoms with Gasteiger partial charge in [-0.05, 0) is 56.7 Å². The molecule has 4 rings (SSSR count). The summed E-state index contributed by atoms with van der Waals surface area (Å²) in [7, 11) is 0. The fourth-order valence-electron chi connectivity index (χ4n) is 4.00. The van der Waals surface area contributed by atoms with Crippen molar-refractivity contribution in [1.82, 2.24) is 14.8 Å². The molecule has 150 valence electrons. The summed E-state index contributed by atoms with van der Waals surface area (Å²) in [5.74, 6) is 1.09. The van der Waals surface area contributed by atoms with Crippen LogP contribution >= 0.6 is 0 Å². The molecule has 0 aliphatic carbocycles. The summed E-state index contributed by atoms with van der Waals surface area (Å²) in [6.45, 7) is 1.64. The van der Waals surface area contributed by atoms with E-state index in [0.29, 0.717) is 12.8 Å². The van der Waals surface area contributed by atoms with Gasteiger partial charge in [0, 0.05) is 31.6 Å². The first kappa shape index (κ1) is 19.1. The predicted octanol–water partition coefficient (Wildman–Crippen LogP) is 4.10. The van der Waals surface area contributed by atoms with Crippen molar-refractivity contribution in [2.45, 2.75) is 70.4 Å². The summed E-state index contributed by atoms with van der Waals surface area (Å²) in [5.41, 5.74) is 0.964. The lowest BCUT2D eigenvalue weighted by Gasteiger charge is -2.22. The Balaban J connectivity index is 1.45. The molecule has 0 saturated carbocycles. The number of rotatable bonds is 5. The van der Waals surface area contributed by atoms with E-state index in [9.17, 15) is 9.18 Å². The van der Waals surface area contributed by atoms with Gasteiger partial charge in [0.2, 0.25) is 5.91 Å². The molecule has 2 aliphatic rings. The number of nitrogens with one attached hydrogen (secondary N) is 1. The molecule has 2 aromatic rings. The van der Waals surface area contributed by atoms with Crippen molar-refractivity contribution in [3.05, 3.63) is 29.8 Å². The maximum Gasteiger partial charge on any atom is 0.224 e. The lowest BCUT2D eigenvalue weighted by molar-refractivity contribution is -0.117. The number of fused-ring (bicyclic) bond motifs is 1. The van der Waals surface area contributed by atoms with E-state index in [-0.39, 0.29) is 17.7 Å². The molecule has 1 amide bonds. The van der Waals surface area contributed by atoms with Crippen LogP contribution in [-0.2, 0) is 22.5 Å². The molecular weight excluding hydrogens is 359 g/mol. The van der Waals surface area contributed by atoms with Crippen LogP contribution in [0.5, 0.6) is 0 Å². The van der Waals surface area contributed by atoms with Crippen LogP contribution in [0.25, 0.3) is 11.4 Å². The van der Waals surface area contributed by atoms with E-state index in [1.54, 1.807) is 12.1 Å². The fourth-order valence-corrected chi connectivity index (χ4v) is 4.00. The number of halogens is 1. The molecule has 28 heavy (non-hydrogen) atoms. The first-order valence-corrected chi connectivity index (χ1v) is 10.3. The molecule has 1 atom stereocenters. The maximum absolute atomic E-state index is 14.3. The number of aromatic nitrogens is 3. The standard InChI is InChI=1S/C21H27FN4O2/c22-17-10-8-15(21-25-24-19-7-2-1-4-12-26(19)21)14-18(17)23-20(27)11-9-16-6-3-5-13-28-16/h8,10,14,16H,1-7,9,11-13H2,(H,23,27)/t16-/m1/s1. The van der Waals surface area contributed by atoms with E-state index in [4.69, 9.17) is 4.74 Å². The van der Waals surface area contributed by atoms with Crippen molar-refractivity contribution in [2.75, 3.05) is 11.9 Å². The lowest BCUT2D eigenvalue weighted by Crippen LogP contribution is -2.22. The van der Waals surface area contributed by atoms with Gasteiger partial charge in [0.05, 0.1) is 11.8 Å². The molecule has 1 aromatic heterocycles. The third-order valence-corrected chi connectivity index (χ3v) is 5.58. The van der Waals surface area contributed by atoms with Gasteiger partial charge in [-0.25, -0.2) is 4.39 Å². The number of benzene rings is 1. The Kier molecular flexibility index (Phi) is 6.00. The van der Waals surface area contributed by atoms with Gasteiger partial charge in [0.15, 0.2) is 5.82 Å². The Morgan fingerprint density at radius 1 is 1.21 bits per heavy atom. The van der Waals surface area contributed by atoms with E-state index in [1.807, 2.05) is 0 Å². The number of ether oxygens (including phenoxy) is 1. The monoisotopic (exact) mass is 386 g/mol. The SMILES string of the molecule is O=C(CC[C@H]1CCCCO1)Nc1cc(-c2nnc3n2CCCCC3)ccc1F. The van der Waals surface area contributed by atoms with Gasteiger partial charge in [0.25, 0.3) is 0 Å². The minimum absolute atomic E-state index is 0.141. The zero-order valence-corrected chi connectivity index (χ0v) is 16.1. The van der Waals surface area contributed by atoms with Gasteiger partial charge in [-0.2, -0.15) is 0 Å². The van der Waals surface area contributed by atoms with E-state index >= 15 is 0 Å². The van der Waals surface area contributed by atoms with Crippen molar-refractivity contribution in [2.24, 2.45) is 0 Å². The van der Waals surface area contributed by atoms with Crippen molar-refractivity contribution >= 4 is 11.6 Å². The van der Waals surface area contributed by atoms with Crippen molar-refractivity contribution in [3.63, 3.8) is 0 Å². The molecule has 1 N–H and O–H groups in total. The molecule has 0 unspecified atom stereocenters. The van der Waals surface area contributed by atoms with Crippen LogP contribution in [0.4, 0.5) is 10.1 Å². The predicted molar refractivity (Wildman–Crippen MR) is 104 cm³/mol. The van der Waals surface area contributed by atoms with Gasteiger partial charge in [-0.15, -0.1) is 10.2 Å². The van der Waals surface area contributed by atoms with E-state index < -0.39 is 5.82 Å². The van der Waals surface area contributed by atoms with E-state index in [2.05, 4.69) is 20.1 Å². The molecule has 0 spiro atoms. The number of carbonyl (C=O) groups excluding carboxylic acids is 1. The third-order valence-electron chi connectivity index (χ3n) is 5.58. The first-order valence-electron chi connectivity index (χ1n) is 10.3. The fraction of sp³-hybridized carbons (Fsp3) is 0.571. The van der Waals surface area contributed by atoms with E-state index in [0.717, 1.165) is 68.9 Å². The number of hydrogen-bond acceptors (Lipinski definition) is 4. The number of nitrogens with zero attached hydrogens (tertiary/aromatic N) is 3. The molecule has 2 aliphatic heterocycles. The summed E-state index contributed by atoms with van der Waals surface area (Å²) in [6, 6.07) is 4.74. The minimum atomic E-state index is -0.443. The minimum Gasteiger partial charge on any atom is -0.378 e. The molecule has 0 bridgehead atoms. The molecule has 1 saturated heterocycles. The van der Waals surface area contributed by atoms with Gasteiger partial charge in [-0.1, -0.05) is 6.42 Å². The largest absolute Gasteiger partial charge is 0.378 e. The van der Waals surface area contributed by atoms with Gasteiger partial charge in [0.1, 0.15) is 11.6 Å². The highest BCUT2D eigenvalue weighted by atomic mass is 19.1. The number of hydrogen-bond donors (Lipinski definition) is 1. The Hall–Kier alpha value is -2.28. The summed E-state index contributed by atoms with van der Waals surface area (Å²) < 4.78 is 22.1. The second-order valence-corrected chi connectivity index (χ2v) is 7.67. The number of carbonyl (C=O) groups is 1. The van der Waals surface area contributed by atoms with Crippen LogP contribution in [0.15, 0.2) is 18.2 Å². The van der Waals surface area contributed by atoms with Crippen LogP contribution < -0.4 is 5.32 Å². The molecular formula is C21H27FN4O2. The molecule has 6 nitrogen and oxygen atoms in total. The maximum atomic E-state index is 14.3. The van der Waals surface area contributed by atoms with Crippen LogP contribution in [-0.4, -0.2) is 33.4 Å². The van der Waals surface area contributed by atoms with E-state index in [1.165, 1.54) is 12.5 Å². The third kappa shape index (κ3) is 4.41. The Morgan fingerprint density at radius 3 is 3.00 bits per heavy atom. The Labute approximate surface area is 164 Å².